The highest BCUT2D eigenvalue weighted by atomic mass is 16.3. The first-order valence-corrected chi connectivity index (χ1v) is 7.96. The summed E-state index contributed by atoms with van der Waals surface area (Å²) in [5, 5.41) is 29.1. The Balaban J connectivity index is 1.88. The molecule has 1 fully saturated rings. The largest absolute Gasteiger partial charge is 0.507 e. The number of phenolic OH excluding ortho intramolecular Hbond substituents is 1. The molecule has 0 spiro atoms. The van der Waals surface area contributed by atoms with Gasteiger partial charge in [-0.2, -0.15) is 5.10 Å². The predicted octanol–water partition coefficient (Wildman–Crippen LogP) is 2.45. The van der Waals surface area contributed by atoms with Gasteiger partial charge in [-0.1, -0.05) is 6.07 Å². The highest BCUT2D eigenvalue weighted by molar-refractivity contribution is 5.69. The second-order valence-corrected chi connectivity index (χ2v) is 6.58. The first-order valence-electron chi connectivity index (χ1n) is 7.96. The summed E-state index contributed by atoms with van der Waals surface area (Å²) >= 11 is 0. The third kappa shape index (κ3) is 3.21. The zero-order chi connectivity index (χ0) is 16.6. The minimum atomic E-state index is -0.591. The summed E-state index contributed by atoms with van der Waals surface area (Å²) in [6, 6.07) is 7.38. The molecular weight excluding hydrogens is 290 g/mol. The second-order valence-electron chi connectivity index (χ2n) is 6.58. The van der Waals surface area contributed by atoms with Crippen LogP contribution in [0, 0.1) is 19.8 Å². The van der Waals surface area contributed by atoms with E-state index >= 15 is 0 Å². The predicted molar refractivity (Wildman–Crippen MR) is 89.2 cm³/mol. The highest BCUT2D eigenvalue weighted by Gasteiger charge is 2.29. The molecule has 0 amide bonds. The maximum absolute atomic E-state index is 10.5. The molecule has 2 aromatic rings. The van der Waals surface area contributed by atoms with Gasteiger partial charge in [0, 0.05) is 18.0 Å². The summed E-state index contributed by atoms with van der Waals surface area (Å²) in [6.07, 6.45) is 0.380. The summed E-state index contributed by atoms with van der Waals surface area (Å²) in [4.78, 5) is 2.22. The van der Waals surface area contributed by atoms with Gasteiger partial charge in [0.1, 0.15) is 11.9 Å². The molecule has 5 heteroatoms. The van der Waals surface area contributed by atoms with Gasteiger partial charge in [-0.15, -0.1) is 5.10 Å². The monoisotopic (exact) mass is 313 g/mol. The van der Waals surface area contributed by atoms with Crippen LogP contribution in [0.3, 0.4) is 0 Å². The van der Waals surface area contributed by atoms with E-state index in [9.17, 15) is 10.2 Å². The Morgan fingerprint density at radius 1 is 1.22 bits per heavy atom. The molecule has 1 unspecified atom stereocenters. The van der Waals surface area contributed by atoms with E-state index in [4.69, 9.17) is 0 Å². The second kappa shape index (κ2) is 6.26. The van der Waals surface area contributed by atoms with Crippen LogP contribution in [0.1, 0.15) is 29.3 Å². The minimum absolute atomic E-state index is 0.201. The zero-order valence-electron chi connectivity index (χ0n) is 13.8. The molecule has 2 N–H and O–H groups in total. The lowest BCUT2D eigenvalue weighted by molar-refractivity contribution is 0.107. The van der Waals surface area contributed by atoms with E-state index in [1.807, 2.05) is 32.0 Å². The van der Waals surface area contributed by atoms with Crippen molar-refractivity contribution in [1.82, 2.24) is 15.1 Å². The minimum Gasteiger partial charge on any atom is -0.507 e. The highest BCUT2D eigenvalue weighted by Crippen LogP contribution is 2.33. The SMILES string of the molecule is Cc1ccc(-c2nnc(C(O)[C@@H]3CCN(C)C3)cc2C)c(O)c1. The number of aryl methyl sites for hydroxylation is 2. The quantitative estimate of drug-likeness (QED) is 0.911. The molecule has 0 bridgehead atoms. The molecule has 1 aromatic carbocycles. The molecule has 3 rings (SSSR count). The van der Waals surface area contributed by atoms with Crippen molar-refractivity contribution in [3.05, 3.63) is 41.1 Å². The number of aliphatic hydroxyl groups is 1. The summed E-state index contributed by atoms with van der Waals surface area (Å²) in [6.45, 7) is 5.74. The van der Waals surface area contributed by atoms with Gasteiger partial charge < -0.3 is 15.1 Å². The number of nitrogens with zero attached hydrogens (tertiary/aromatic N) is 3. The van der Waals surface area contributed by atoms with E-state index in [0.29, 0.717) is 17.0 Å². The average Bonchev–Trinajstić information content (AvgIpc) is 2.94. The lowest BCUT2D eigenvalue weighted by Gasteiger charge is -2.18. The third-order valence-electron chi connectivity index (χ3n) is 4.59. The van der Waals surface area contributed by atoms with Crippen LogP contribution in [0.2, 0.25) is 0 Å². The van der Waals surface area contributed by atoms with Crippen LogP contribution in [0.4, 0.5) is 0 Å². The Labute approximate surface area is 136 Å². The number of hydrogen-bond donors (Lipinski definition) is 2. The Morgan fingerprint density at radius 3 is 2.61 bits per heavy atom. The molecule has 5 nitrogen and oxygen atoms in total. The maximum atomic E-state index is 10.5. The van der Waals surface area contributed by atoms with E-state index in [1.54, 1.807) is 6.07 Å². The number of aromatic hydroxyl groups is 1. The summed E-state index contributed by atoms with van der Waals surface area (Å²) < 4.78 is 0. The van der Waals surface area contributed by atoms with Crippen LogP contribution in [-0.4, -0.2) is 45.4 Å². The van der Waals surface area contributed by atoms with Gasteiger partial charge in [-0.3, -0.25) is 0 Å². The number of aliphatic hydroxyl groups excluding tert-OH is 1. The van der Waals surface area contributed by atoms with Crippen molar-refractivity contribution in [3.63, 3.8) is 0 Å². The molecule has 1 saturated heterocycles. The van der Waals surface area contributed by atoms with Crippen LogP contribution in [0.5, 0.6) is 5.75 Å². The van der Waals surface area contributed by atoms with Gasteiger partial charge in [0.05, 0.1) is 11.4 Å². The molecule has 1 aromatic heterocycles. The summed E-state index contributed by atoms with van der Waals surface area (Å²) in [7, 11) is 2.06. The van der Waals surface area contributed by atoms with Crippen LogP contribution in [-0.2, 0) is 0 Å². The summed E-state index contributed by atoms with van der Waals surface area (Å²) in [5.41, 5.74) is 3.83. The molecule has 2 atom stereocenters. The van der Waals surface area contributed by atoms with Crippen LogP contribution < -0.4 is 0 Å². The Morgan fingerprint density at radius 2 is 2.00 bits per heavy atom. The lowest BCUT2D eigenvalue weighted by atomic mass is 9.97. The van der Waals surface area contributed by atoms with Gasteiger partial charge in [-0.05, 0) is 63.2 Å². The smallest absolute Gasteiger partial charge is 0.125 e. The van der Waals surface area contributed by atoms with Crippen molar-refractivity contribution < 1.29 is 10.2 Å². The first-order chi connectivity index (χ1) is 11.0. The van der Waals surface area contributed by atoms with E-state index in [0.717, 1.165) is 30.6 Å². The number of rotatable bonds is 3. The number of hydrogen-bond acceptors (Lipinski definition) is 5. The topological polar surface area (TPSA) is 69.5 Å². The van der Waals surface area contributed by atoms with Crippen molar-refractivity contribution in [2.45, 2.75) is 26.4 Å². The average molecular weight is 313 g/mol. The van der Waals surface area contributed by atoms with Gasteiger partial charge in [0.15, 0.2) is 0 Å². The van der Waals surface area contributed by atoms with Crippen molar-refractivity contribution in [1.29, 1.82) is 0 Å². The van der Waals surface area contributed by atoms with Crippen molar-refractivity contribution in [2.75, 3.05) is 20.1 Å². The van der Waals surface area contributed by atoms with E-state index < -0.39 is 6.10 Å². The van der Waals surface area contributed by atoms with E-state index in [1.165, 1.54) is 0 Å². The van der Waals surface area contributed by atoms with Gasteiger partial charge >= 0.3 is 0 Å². The Bertz CT molecular complexity index is 717. The van der Waals surface area contributed by atoms with Crippen LogP contribution >= 0.6 is 0 Å². The van der Waals surface area contributed by atoms with Crippen LogP contribution in [0.25, 0.3) is 11.3 Å². The Hall–Kier alpha value is -1.98. The number of aromatic nitrogens is 2. The van der Waals surface area contributed by atoms with Crippen molar-refractivity contribution in [3.8, 4) is 17.0 Å². The number of likely N-dealkylation sites (tertiary alicyclic amines) is 1. The maximum Gasteiger partial charge on any atom is 0.125 e. The standard InChI is InChI=1S/C18H23N3O2/c1-11-4-5-14(16(22)8-11)17-12(2)9-15(19-20-17)18(23)13-6-7-21(3)10-13/h4-5,8-9,13,18,22-23H,6-7,10H2,1-3H3/t13-,18?/m1/s1. The molecular formula is C18H23N3O2. The fourth-order valence-corrected chi connectivity index (χ4v) is 3.23. The van der Waals surface area contributed by atoms with Gasteiger partial charge in [0.25, 0.3) is 0 Å². The molecule has 1 aliphatic heterocycles. The fraction of sp³-hybridized carbons (Fsp3) is 0.444. The molecule has 122 valence electrons. The van der Waals surface area contributed by atoms with Gasteiger partial charge in [0.2, 0.25) is 0 Å². The fourth-order valence-electron chi connectivity index (χ4n) is 3.23. The lowest BCUT2D eigenvalue weighted by Crippen LogP contribution is -2.19. The third-order valence-corrected chi connectivity index (χ3v) is 4.59. The molecule has 23 heavy (non-hydrogen) atoms. The molecule has 1 aliphatic rings. The number of benzene rings is 1. The van der Waals surface area contributed by atoms with Crippen LogP contribution in [0.15, 0.2) is 24.3 Å². The molecule has 0 saturated carbocycles. The molecule has 0 aliphatic carbocycles. The molecule has 0 radical (unpaired) electrons. The number of phenols is 1. The van der Waals surface area contributed by atoms with Gasteiger partial charge in [-0.25, -0.2) is 0 Å². The molecule has 2 heterocycles. The Kier molecular flexibility index (Phi) is 4.33. The normalized spacial score (nSPS) is 19.9. The summed E-state index contributed by atoms with van der Waals surface area (Å²) in [5.74, 6) is 0.403. The van der Waals surface area contributed by atoms with Crippen molar-refractivity contribution in [2.24, 2.45) is 5.92 Å². The first kappa shape index (κ1) is 15.9. The zero-order valence-corrected chi connectivity index (χ0v) is 13.8. The van der Waals surface area contributed by atoms with Crippen molar-refractivity contribution >= 4 is 0 Å². The van der Waals surface area contributed by atoms with E-state index in [2.05, 4.69) is 22.1 Å². The van der Waals surface area contributed by atoms with E-state index in [-0.39, 0.29) is 11.7 Å².